The number of alkyl halides is 1. The molecule has 1 unspecified atom stereocenters. The maximum atomic E-state index is 11.6. The summed E-state index contributed by atoms with van der Waals surface area (Å²) in [4.78, 5) is 11.6. The summed E-state index contributed by atoms with van der Waals surface area (Å²) in [6, 6.07) is 7.85. The largest absolute Gasteiger partial charge is 0.299 e. The van der Waals surface area contributed by atoms with Crippen LogP contribution in [0.2, 0.25) is 0 Å². The van der Waals surface area contributed by atoms with E-state index in [1.54, 1.807) is 0 Å². The first-order valence-corrected chi connectivity index (χ1v) is 6.56. The molecule has 0 aliphatic heterocycles. The summed E-state index contributed by atoms with van der Waals surface area (Å²) >= 11 is 0.763. The van der Waals surface area contributed by atoms with Gasteiger partial charge in [0.05, 0.1) is 4.83 Å². The highest BCUT2D eigenvalue weighted by Gasteiger charge is 2.24. The molecule has 0 spiro atoms. The molecule has 6 heteroatoms. The molecule has 0 aromatic heterocycles. The molecule has 0 amide bonds. The molecule has 16 heavy (non-hydrogen) atoms. The summed E-state index contributed by atoms with van der Waals surface area (Å²) in [5.74, 6) is 0.233. The summed E-state index contributed by atoms with van der Waals surface area (Å²) < 4.78 is 22.8. The van der Waals surface area contributed by atoms with Gasteiger partial charge in [0.2, 0.25) is 0 Å². The SMILES string of the molecule is O=C1c2ccccc2CCC1Br.O=S(O)O. The summed E-state index contributed by atoms with van der Waals surface area (Å²) in [7, 11) is 0. The average molecular weight is 307 g/mol. The molecule has 0 saturated heterocycles. The van der Waals surface area contributed by atoms with Gasteiger partial charge in [-0.15, -0.1) is 0 Å². The van der Waals surface area contributed by atoms with Crippen molar-refractivity contribution in [3.8, 4) is 0 Å². The fourth-order valence-electron chi connectivity index (χ4n) is 1.56. The molecule has 1 aliphatic carbocycles. The molecule has 4 nitrogen and oxygen atoms in total. The van der Waals surface area contributed by atoms with Gasteiger partial charge in [0.15, 0.2) is 5.78 Å². The van der Waals surface area contributed by atoms with Crippen molar-refractivity contribution in [3.63, 3.8) is 0 Å². The van der Waals surface area contributed by atoms with Crippen molar-refractivity contribution in [3.05, 3.63) is 35.4 Å². The Hall–Kier alpha value is -0.560. The lowest BCUT2D eigenvalue weighted by Gasteiger charge is -2.18. The van der Waals surface area contributed by atoms with Crippen molar-refractivity contribution in [1.82, 2.24) is 0 Å². The number of aryl methyl sites for hydroxylation is 1. The Morgan fingerprint density at radius 1 is 1.31 bits per heavy atom. The molecular formula is C10H11BrO4S. The van der Waals surface area contributed by atoms with Crippen molar-refractivity contribution in [2.24, 2.45) is 0 Å². The maximum absolute atomic E-state index is 11.6. The van der Waals surface area contributed by atoms with Crippen LogP contribution in [0.5, 0.6) is 0 Å². The van der Waals surface area contributed by atoms with Gasteiger partial charge in [-0.2, -0.15) is 4.21 Å². The van der Waals surface area contributed by atoms with Crippen LogP contribution in [-0.2, 0) is 17.8 Å². The van der Waals surface area contributed by atoms with Crippen LogP contribution < -0.4 is 0 Å². The fourth-order valence-corrected chi connectivity index (χ4v) is 2.04. The van der Waals surface area contributed by atoms with Crippen molar-refractivity contribution in [2.45, 2.75) is 17.7 Å². The first kappa shape index (κ1) is 13.5. The minimum atomic E-state index is -2.61. The molecule has 1 atom stereocenters. The number of Topliss-reactive ketones (excluding diaryl/α,β-unsaturated/α-hetero) is 1. The molecule has 88 valence electrons. The van der Waals surface area contributed by atoms with E-state index in [1.165, 1.54) is 5.56 Å². The first-order valence-electron chi connectivity index (χ1n) is 4.58. The second-order valence-corrected chi connectivity index (χ2v) is 4.83. The summed E-state index contributed by atoms with van der Waals surface area (Å²) in [5.41, 5.74) is 2.09. The van der Waals surface area contributed by atoms with Crippen LogP contribution in [0.25, 0.3) is 0 Å². The standard InChI is InChI=1S/C10H9BrO.H2O3S/c11-9-6-5-7-3-1-2-4-8(7)10(9)12;1-4(2)3/h1-4,9H,5-6H2;(H2,1,2,3). The molecule has 0 bridgehead atoms. The fraction of sp³-hybridized carbons (Fsp3) is 0.300. The van der Waals surface area contributed by atoms with Gasteiger partial charge in [0.1, 0.15) is 0 Å². The third kappa shape index (κ3) is 3.79. The minimum absolute atomic E-state index is 0.0346. The monoisotopic (exact) mass is 306 g/mol. The van der Waals surface area contributed by atoms with Gasteiger partial charge in [0.25, 0.3) is 11.4 Å². The summed E-state index contributed by atoms with van der Waals surface area (Å²) in [5, 5.41) is 0. The van der Waals surface area contributed by atoms with Crippen molar-refractivity contribution in [1.29, 1.82) is 0 Å². The van der Waals surface area contributed by atoms with Crippen molar-refractivity contribution >= 4 is 33.1 Å². The first-order chi connectivity index (χ1) is 7.52. The van der Waals surface area contributed by atoms with E-state index in [2.05, 4.69) is 15.9 Å². The van der Waals surface area contributed by atoms with Gasteiger partial charge in [-0.25, -0.2) is 0 Å². The number of rotatable bonds is 0. The van der Waals surface area contributed by atoms with Gasteiger partial charge < -0.3 is 0 Å². The lowest BCUT2D eigenvalue weighted by atomic mass is 9.91. The molecular weight excluding hydrogens is 296 g/mol. The molecule has 0 radical (unpaired) electrons. The third-order valence-corrected chi connectivity index (χ3v) is 3.11. The Morgan fingerprint density at radius 2 is 1.88 bits per heavy atom. The summed E-state index contributed by atoms with van der Waals surface area (Å²) in [6.07, 6.45) is 1.94. The molecule has 0 heterocycles. The number of hydrogen-bond acceptors (Lipinski definition) is 2. The molecule has 2 N–H and O–H groups in total. The van der Waals surface area contributed by atoms with Crippen LogP contribution in [0.1, 0.15) is 22.3 Å². The van der Waals surface area contributed by atoms with E-state index >= 15 is 0 Å². The second-order valence-electron chi connectivity index (χ2n) is 3.26. The van der Waals surface area contributed by atoms with Gasteiger partial charge in [-0.1, -0.05) is 40.2 Å². The Bertz CT molecular complexity index is 404. The Balaban J connectivity index is 0.000000280. The van der Waals surface area contributed by atoms with Crippen molar-refractivity contribution in [2.75, 3.05) is 0 Å². The third-order valence-electron chi connectivity index (χ3n) is 2.23. The average Bonchev–Trinajstić information content (AvgIpc) is 2.23. The number of fused-ring (bicyclic) bond motifs is 1. The van der Waals surface area contributed by atoms with Crippen LogP contribution in [0.3, 0.4) is 0 Å². The zero-order chi connectivity index (χ0) is 12.1. The molecule has 0 fully saturated rings. The predicted molar refractivity (Wildman–Crippen MR) is 65.2 cm³/mol. The van der Waals surface area contributed by atoms with Crippen LogP contribution in [0, 0.1) is 0 Å². The molecule has 1 aromatic carbocycles. The van der Waals surface area contributed by atoms with E-state index in [1.807, 2.05) is 24.3 Å². The van der Waals surface area contributed by atoms with Gasteiger partial charge in [-0.05, 0) is 18.4 Å². The van der Waals surface area contributed by atoms with E-state index in [9.17, 15) is 4.79 Å². The van der Waals surface area contributed by atoms with E-state index in [0.29, 0.717) is 0 Å². The van der Waals surface area contributed by atoms with E-state index in [-0.39, 0.29) is 10.6 Å². The normalized spacial score (nSPS) is 18.8. The lowest BCUT2D eigenvalue weighted by Crippen LogP contribution is -2.21. The van der Waals surface area contributed by atoms with Gasteiger partial charge >= 0.3 is 0 Å². The molecule has 2 rings (SSSR count). The lowest BCUT2D eigenvalue weighted by molar-refractivity contribution is 0.0981. The van der Waals surface area contributed by atoms with Gasteiger partial charge in [0, 0.05) is 5.56 Å². The molecule has 0 saturated carbocycles. The van der Waals surface area contributed by atoms with E-state index < -0.39 is 11.4 Å². The van der Waals surface area contributed by atoms with E-state index in [0.717, 1.165) is 18.4 Å². The predicted octanol–water partition coefficient (Wildman–Crippen LogP) is 2.26. The van der Waals surface area contributed by atoms with Crippen LogP contribution >= 0.6 is 15.9 Å². The Labute approximate surface area is 104 Å². The zero-order valence-corrected chi connectivity index (χ0v) is 10.7. The quantitative estimate of drug-likeness (QED) is 0.569. The minimum Gasteiger partial charge on any atom is -0.293 e. The molecule has 1 aromatic rings. The number of benzene rings is 1. The van der Waals surface area contributed by atoms with Crippen LogP contribution in [0.4, 0.5) is 0 Å². The Kier molecular flexibility index (Phi) is 5.27. The number of ketones is 1. The van der Waals surface area contributed by atoms with Crippen LogP contribution in [0.15, 0.2) is 24.3 Å². The van der Waals surface area contributed by atoms with Crippen molar-refractivity contribution < 1.29 is 18.1 Å². The van der Waals surface area contributed by atoms with E-state index in [4.69, 9.17) is 13.3 Å². The number of carbonyl (C=O) groups excluding carboxylic acids is 1. The Morgan fingerprint density at radius 3 is 2.50 bits per heavy atom. The summed E-state index contributed by atoms with van der Waals surface area (Å²) in [6.45, 7) is 0. The second kappa shape index (κ2) is 6.24. The highest BCUT2D eigenvalue weighted by Crippen LogP contribution is 2.25. The molecule has 1 aliphatic rings. The zero-order valence-electron chi connectivity index (χ0n) is 8.30. The van der Waals surface area contributed by atoms with Crippen LogP contribution in [-0.4, -0.2) is 23.9 Å². The highest BCUT2D eigenvalue weighted by atomic mass is 79.9. The number of halogens is 1. The number of hydrogen-bond donors (Lipinski definition) is 2. The highest BCUT2D eigenvalue weighted by molar-refractivity contribution is 9.10. The van der Waals surface area contributed by atoms with Gasteiger partial charge in [-0.3, -0.25) is 13.9 Å². The topological polar surface area (TPSA) is 74.6 Å². The smallest absolute Gasteiger partial charge is 0.293 e. The number of carbonyl (C=O) groups is 1. The maximum Gasteiger partial charge on any atom is 0.299 e.